The van der Waals surface area contributed by atoms with Crippen LogP contribution in [0.5, 0.6) is 0 Å². The zero-order valence-electron chi connectivity index (χ0n) is 8.96. The molecule has 0 spiro atoms. The molecule has 16 heavy (non-hydrogen) atoms. The highest BCUT2D eigenvalue weighted by Gasteiger charge is 2.01. The molecule has 4 heteroatoms. The molecule has 0 unspecified atom stereocenters. The summed E-state index contributed by atoms with van der Waals surface area (Å²) in [6, 6.07) is 9.74. The Labute approximate surface area is 104 Å². The van der Waals surface area contributed by atoms with E-state index in [1.54, 1.807) is 17.4 Å². The van der Waals surface area contributed by atoms with Crippen molar-refractivity contribution in [1.82, 2.24) is 0 Å². The van der Waals surface area contributed by atoms with E-state index in [0.29, 0.717) is 10.7 Å². The first-order chi connectivity index (χ1) is 7.65. The van der Waals surface area contributed by atoms with Crippen LogP contribution in [0.25, 0.3) is 0 Å². The van der Waals surface area contributed by atoms with E-state index in [9.17, 15) is 0 Å². The zero-order valence-corrected chi connectivity index (χ0v) is 10.5. The summed E-state index contributed by atoms with van der Waals surface area (Å²) in [6.45, 7) is 2.90. The molecule has 0 aliphatic carbocycles. The van der Waals surface area contributed by atoms with Gasteiger partial charge in [0.1, 0.15) is 0 Å². The summed E-state index contributed by atoms with van der Waals surface area (Å²) in [6.07, 6.45) is 0. The van der Waals surface area contributed by atoms with Crippen LogP contribution in [0.4, 0.5) is 11.4 Å². The van der Waals surface area contributed by atoms with Crippen molar-refractivity contribution < 1.29 is 0 Å². The number of nitrogens with two attached hydrogens (primary N) is 1. The summed E-state index contributed by atoms with van der Waals surface area (Å²) in [4.78, 5) is 2.62. The number of thiophene rings is 1. The van der Waals surface area contributed by atoms with Crippen molar-refractivity contribution in [2.24, 2.45) is 0 Å². The highest BCUT2D eigenvalue weighted by atomic mass is 35.5. The third-order valence-corrected chi connectivity index (χ3v) is 3.56. The number of hydrogen-bond acceptors (Lipinski definition) is 3. The van der Waals surface area contributed by atoms with E-state index in [4.69, 9.17) is 17.3 Å². The van der Waals surface area contributed by atoms with Crippen LogP contribution in [0, 0.1) is 6.92 Å². The van der Waals surface area contributed by atoms with Gasteiger partial charge in [0.2, 0.25) is 0 Å². The van der Waals surface area contributed by atoms with E-state index in [2.05, 4.69) is 24.4 Å². The van der Waals surface area contributed by atoms with Crippen molar-refractivity contribution in [2.75, 3.05) is 11.1 Å². The normalized spacial score (nSPS) is 10.4. The molecule has 2 aromatic rings. The van der Waals surface area contributed by atoms with Gasteiger partial charge in [-0.1, -0.05) is 11.6 Å². The van der Waals surface area contributed by atoms with Gasteiger partial charge in [-0.25, -0.2) is 0 Å². The molecule has 0 amide bonds. The van der Waals surface area contributed by atoms with Crippen LogP contribution in [0.3, 0.4) is 0 Å². The van der Waals surface area contributed by atoms with Gasteiger partial charge in [-0.05, 0) is 37.3 Å². The molecule has 0 atom stereocenters. The molecule has 0 aliphatic heterocycles. The quantitative estimate of drug-likeness (QED) is 0.813. The first-order valence-electron chi connectivity index (χ1n) is 4.99. The van der Waals surface area contributed by atoms with E-state index in [1.807, 2.05) is 12.1 Å². The Kier molecular flexibility index (Phi) is 3.36. The summed E-state index contributed by atoms with van der Waals surface area (Å²) >= 11 is 7.85. The fourth-order valence-corrected chi connectivity index (χ4v) is 2.52. The average molecular weight is 253 g/mol. The van der Waals surface area contributed by atoms with Crippen molar-refractivity contribution in [1.29, 1.82) is 0 Å². The van der Waals surface area contributed by atoms with Crippen molar-refractivity contribution in [3.63, 3.8) is 0 Å². The second kappa shape index (κ2) is 4.76. The molecule has 0 radical (unpaired) electrons. The Bertz CT molecular complexity index is 494. The SMILES string of the molecule is Cc1ccc(CNc2ccc(N)cc2Cl)s1. The fraction of sp³-hybridized carbons (Fsp3) is 0.167. The standard InChI is InChI=1S/C12H13ClN2S/c1-8-2-4-10(16-8)7-15-12-5-3-9(14)6-11(12)13/h2-6,15H,7,14H2,1H3. The van der Waals surface area contributed by atoms with E-state index in [1.165, 1.54) is 9.75 Å². The number of hydrogen-bond donors (Lipinski definition) is 2. The maximum absolute atomic E-state index is 6.06. The minimum absolute atomic E-state index is 0.660. The lowest BCUT2D eigenvalue weighted by Gasteiger charge is -2.07. The molecule has 0 bridgehead atoms. The number of benzene rings is 1. The van der Waals surface area contributed by atoms with Crippen molar-refractivity contribution in [3.05, 3.63) is 45.1 Å². The number of aryl methyl sites for hydroxylation is 1. The van der Waals surface area contributed by atoms with Crippen molar-refractivity contribution in [3.8, 4) is 0 Å². The topological polar surface area (TPSA) is 38.0 Å². The Hall–Kier alpha value is -1.19. The number of anilines is 2. The largest absolute Gasteiger partial charge is 0.399 e. The van der Waals surface area contributed by atoms with Gasteiger partial charge in [-0.2, -0.15) is 0 Å². The van der Waals surface area contributed by atoms with Gasteiger partial charge in [0.05, 0.1) is 10.7 Å². The molecular weight excluding hydrogens is 240 g/mol. The summed E-state index contributed by atoms with van der Waals surface area (Å²) in [5.74, 6) is 0. The number of halogens is 1. The first kappa shape index (κ1) is 11.3. The Balaban J connectivity index is 2.04. The van der Waals surface area contributed by atoms with E-state index in [0.717, 1.165) is 12.2 Å². The lowest BCUT2D eigenvalue weighted by atomic mass is 10.3. The van der Waals surface area contributed by atoms with Crippen LogP contribution in [0.1, 0.15) is 9.75 Å². The van der Waals surface area contributed by atoms with Crippen LogP contribution in [-0.4, -0.2) is 0 Å². The van der Waals surface area contributed by atoms with Gasteiger partial charge in [0.15, 0.2) is 0 Å². The van der Waals surface area contributed by atoms with Crippen molar-refractivity contribution in [2.45, 2.75) is 13.5 Å². The predicted molar refractivity (Wildman–Crippen MR) is 72.2 cm³/mol. The van der Waals surface area contributed by atoms with Gasteiger partial charge in [0.25, 0.3) is 0 Å². The van der Waals surface area contributed by atoms with Crippen LogP contribution in [0.2, 0.25) is 5.02 Å². The Morgan fingerprint density at radius 3 is 2.75 bits per heavy atom. The molecule has 3 N–H and O–H groups in total. The lowest BCUT2D eigenvalue weighted by molar-refractivity contribution is 1.19. The van der Waals surface area contributed by atoms with Gasteiger partial charge >= 0.3 is 0 Å². The molecule has 0 saturated carbocycles. The van der Waals surface area contributed by atoms with Gasteiger partial charge < -0.3 is 11.1 Å². The molecule has 84 valence electrons. The van der Waals surface area contributed by atoms with Crippen LogP contribution < -0.4 is 11.1 Å². The number of rotatable bonds is 3. The van der Waals surface area contributed by atoms with Crippen LogP contribution in [0.15, 0.2) is 30.3 Å². The average Bonchev–Trinajstić information content (AvgIpc) is 2.63. The molecule has 0 aliphatic rings. The Morgan fingerprint density at radius 2 is 2.12 bits per heavy atom. The highest BCUT2D eigenvalue weighted by Crippen LogP contribution is 2.25. The molecule has 2 nitrogen and oxygen atoms in total. The highest BCUT2D eigenvalue weighted by molar-refractivity contribution is 7.11. The maximum Gasteiger partial charge on any atom is 0.0658 e. The third kappa shape index (κ3) is 2.68. The molecule has 0 saturated heterocycles. The number of nitrogen functional groups attached to an aromatic ring is 1. The van der Waals surface area contributed by atoms with Gasteiger partial charge in [0, 0.05) is 22.0 Å². The van der Waals surface area contributed by atoms with E-state index in [-0.39, 0.29) is 0 Å². The Morgan fingerprint density at radius 1 is 1.31 bits per heavy atom. The van der Waals surface area contributed by atoms with Crippen LogP contribution in [-0.2, 0) is 6.54 Å². The van der Waals surface area contributed by atoms with Gasteiger partial charge in [-0.15, -0.1) is 11.3 Å². The minimum Gasteiger partial charge on any atom is -0.399 e. The van der Waals surface area contributed by atoms with Gasteiger partial charge in [-0.3, -0.25) is 0 Å². The third-order valence-electron chi connectivity index (χ3n) is 2.24. The minimum atomic E-state index is 0.660. The fourth-order valence-electron chi connectivity index (χ4n) is 1.44. The second-order valence-corrected chi connectivity index (χ2v) is 5.38. The summed E-state index contributed by atoms with van der Waals surface area (Å²) in [7, 11) is 0. The number of nitrogens with one attached hydrogen (secondary N) is 1. The molecule has 1 aromatic carbocycles. The molecule has 1 heterocycles. The van der Waals surface area contributed by atoms with Crippen LogP contribution >= 0.6 is 22.9 Å². The second-order valence-electron chi connectivity index (χ2n) is 3.61. The molecular formula is C12H13ClN2S. The lowest BCUT2D eigenvalue weighted by Crippen LogP contribution is -1.98. The monoisotopic (exact) mass is 252 g/mol. The van der Waals surface area contributed by atoms with E-state index >= 15 is 0 Å². The van der Waals surface area contributed by atoms with Crippen molar-refractivity contribution >= 4 is 34.3 Å². The predicted octanol–water partition coefficient (Wildman–Crippen LogP) is 3.90. The molecule has 2 rings (SSSR count). The smallest absolute Gasteiger partial charge is 0.0658 e. The summed E-state index contributed by atoms with van der Waals surface area (Å²) in [5.41, 5.74) is 7.23. The maximum atomic E-state index is 6.06. The summed E-state index contributed by atoms with van der Waals surface area (Å²) < 4.78 is 0. The van der Waals surface area contributed by atoms with E-state index < -0.39 is 0 Å². The summed E-state index contributed by atoms with van der Waals surface area (Å²) in [5, 5.41) is 3.95. The molecule has 1 aromatic heterocycles. The molecule has 0 fully saturated rings. The zero-order chi connectivity index (χ0) is 11.5. The first-order valence-corrected chi connectivity index (χ1v) is 6.19.